The molecular weight excluding hydrogens is 598 g/mol. The van der Waals surface area contributed by atoms with E-state index in [1.54, 1.807) is 48.8 Å². The molecule has 0 unspecified atom stereocenters. The molecule has 0 saturated heterocycles. The van der Waals surface area contributed by atoms with Crippen LogP contribution in [0.25, 0.3) is 4.85 Å². The van der Waals surface area contributed by atoms with Crippen molar-refractivity contribution in [2.45, 2.75) is 26.6 Å². The predicted octanol–water partition coefficient (Wildman–Crippen LogP) is 7.76. The van der Waals surface area contributed by atoms with Crippen LogP contribution in [0.3, 0.4) is 0 Å². The Hall–Kier alpha value is -5.84. The van der Waals surface area contributed by atoms with E-state index < -0.39 is 10.0 Å². The predicted molar refractivity (Wildman–Crippen MR) is 178 cm³/mol. The van der Waals surface area contributed by atoms with E-state index in [1.165, 1.54) is 0 Å². The van der Waals surface area contributed by atoms with Gasteiger partial charge in [-0.15, -0.1) is 0 Å². The number of benzene rings is 4. The van der Waals surface area contributed by atoms with Crippen LogP contribution < -0.4 is 19.1 Å². The van der Waals surface area contributed by atoms with Gasteiger partial charge in [0.05, 0.1) is 30.1 Å². The van der Waals surface area contributed by atoms with Gasteiger partial charge >= 0.3 is 0 Å². The second-order valence-electron chi connectivity index (χ2n) is 10.7. The van der Waals surface area contributed by atoms with E-state index in [2.05, 4.69) is 25.5 Å². The summed E-state index contributed by atoms with van der Waals surface area (Å²) >= 11 is 0. The summed E-state index contributed by atoms with van der Waals surface area (Å²) in [6.07, 6.45) is 4.55. The molecule has 1 N–H and O–H groups in total. The molecule has 0 radical (unpaired) electrons. The van der Waals surface area contributed by atoms with Gasteiger partial charge in [-0.1, -0.05) is 48.5 Å². The molecular formula is C36H31N5O4S. The molecule has 0 spiro atoms. The summed E-state index contributed by atoms with van der Waals surface area (Å²) in [6.45, 7) is 10.5. The molecule has 0 fully saturated rings. The number of rotatable bonds is 12. The van der Waals surface area contributed by atoms with Crippen LogP contribution in [0.4, 0.5) is 17.1 Å². The summed E-state index contributed by atoms with van der Waals surface area (Å²) in [5.74, 6) is 1.58. The van der Waals surface area contributed by atoms with Crippen molar-refractivity contribution in [3.8, 4) is 23.3 Å². The molecule has 1 heterocycles. The zero-order chi connectivity index (χ0) is 32.5. The Kier molecular flexibility index (Phi) is 9.81. The third-order valence-corrected chi connectivity index (χ3v) is 7.64. The molecule has 5 rings (SSSR count). The van der Waals surface area contributed by atoms with Crippen LogP contribution in [-0.4, -0.2) is 19.7 Å². The largest absolute Gasteiger partial charge is 0.489 e. The lowest BCUT2D eigenvalue weighted by Crippen LogP contribution is -2.23. The Morgan fingerprint density at radius 2 is 1.59 bits per heavy atom. The Bertz CT molecular complexity index is 2000. The minimum atomic E-state index is -3.46. The van der Waals surface area contributed by atoms with E-state index in [1.807, 2.05) is 67.6 Å². The maximum atomic E-state index is 12.0. The monoisotopic (exact) mass is 629 g/mol. The molecule has 0 aliphatic carbocycles. The summed E-state index contributed by atoms with van der Waals surface area (Å²) in [4.78, 5) is 9.75. The molecule has 0 saturated carbocycles. The normalized spacial score (nSPS) is 10.8. The smallest absolute Gasteiger partial charge is 0.229 e. The lowest BCUT2D eigenvalue weighted by Gasteiger charge is -2.28. The standard InChI is InChI=1S/C36H31N5O4S/c1-26-35(40-46(3,42)43)7-4-8-36(26)41(23-27-9-13-31(38-2)14-10-27)24-28-11-15-32(16-12-28)45-34-19-30(21-37)18-33(20-34)44-25-29-6-5-17-39-22-29/h4-20,22,40H,23-25H2,1,3H3. The van der Waals surface area contributed by atoms with E-state index in [0.717, 1.165) is 34.2 Å². The van der Waals surface area contributed by atoms with Crippen LogP contribution in [0.15, 0.2) is 109 Å². The molecule has 0 aliphatic rings. The fourth-order valence-electron chi connectivity index (χ4n) is 4.85. The summed E-state index contributed by atoms with van der Waals surface area (Å²) in [5.41, 5.74) is 6.07. The molecule has 5 aromatic rings. The molecule has 1 aromatic heterocycles. The maximum absolute atomic E-state index is 12.0. The summed E-state index contributed by atoms with van der Waals surface area (Å²) in [6, 6.07) is 31.6. The highest BCUT2D eigenvalue weighted by Gasteiger charge is 2.16. The van der Waals surface area contributed by atoms with E-state index in [4.69, 9.17) is 16.0 Å². The number of ether oxygens (including phenoxy) is 2. The van der Waals surface area contributed by atoms with Gasteiger partial charge in [0, 0.05) is 42.8 Å². The number of nitriles is 1. The quantitative estimate of drug-likeness (QED) is 0.141. The Labute approximate surface area is 269 Å². The van der Waals surface area contributed by atoms with Crippen molar-refractivity contribution in [3.05, 3.63) is 149 Å². The van der Waals surface area contributed by atoms with Gasteiger partial charge in [-0.05, 0) is 66.1 Å². The highest BCUT2D eigenvalue weighted by atomic mass is 32.2. The number of sulfonamides is 1. The zero-order valence-electron chi connectivity index (χ0n) is 25.3. The number of nitrogens with zero attached hydrogens (tertiary/aromatic N) is 4. The molecule has 0 aliphatic heterocycles. The van der Waals surface area contributed by atoms with Crippen molar-refractivity contribution in [1.82, 2.24) is 4.98 Å². The average Bonchev–Trinajstić information content (AvgIpc) is 3.05. The molecule has 10 heteroatoms. The fraction of sp³-hybridized carbons (Fsp3) is 0.139. The van der Waals surface area contributed by atoms with Crippen LogP contribution in [0.1, 0.15) is 27.8 Å². The first-order chi connectivity index (χ1) is 22.2. The van der Waals surface area contributed by atoms with Crippen LogP contribution in [-0.2, 0) is 29.7 Å². The first kappa shape index (κ1) is 31.6. The van der Waals surface area contributed by atoms with Crippen LogP contribution >= 0.6 is 0 Å². The highest BCUT2D eigenvalue weighted by molar-refractivity contribution is 7.92. The van der Waals surface area contributed by atoms with Crippen molar-refractivity contribution < 1.29 is 17.9 Å². The first-order valence-corrected chi connectivity index (χ1v) is 16.2. The van der Waals surface area contributed by atoms with Crippen LogP contribution in [0.2, 0.25) is 0 Å². The molecule has 230 valence electrons. The van der Waals surface area contributed by atoms with Gasteiger partial charge in [-0.3, -0.25) is 9.71 Å². The number of anilines is 2. The van der Waals surface area contributed by atoms with E-state index in [-0.39, 0.29) is 0 Å². The van der Waals surface area contributed by atoms with Gasteiger partial charge in [0.15, 0.2) is 5.69 Å². The van der Waals surface area contributed by atoms with Gasteiger partial charge in [0.2, 0.25) is 10.0 Å². The Morgan fingerprint density at radius 1 is 0.891 bits per heavy atom. The highest BCUT2D eigenvalue weighted by Crippen LogP contribution is 2.32. The van der Waals surface area contributed by atoms with Crippen LogP contribution in [0, 0.1) is 24.8 Å². The van der Waals surface area contributed by atoms with Crippen molar-refractivity contribution in [1.29, 1.82) is 5.26 Å². The topological polar surface area (TPSA) is 109 Å². The fourth-order valence-corrected chi connectivity index (χ4v) is 5.47. The van der Waals surface area contributed by atoms with Gasteiger partial charge < -0.3 is 14.4 Å². The van der Waals surface area contributed by atoms with Gasteiger partial charge in [-0.25, -0.2) is 13.3 Å². The third-order valence-electron chi connectivity index (χ3n) is 7.05. The zero-order valence-corrected chi connectivity index (χ0v) is 26.2. The summed E-state index contributed by atoms with van der Waals surface area (Å²) in [5, 5.41) is 9.55. The molecule has 9 nitrogen and oxygen atoms in total. The van der Waals surface area contributed by atoms with E-state index in [9.17, 15) is 13.7 Å². The molecule has 46 heavy (non-hydrogen) atoms. The number of nitrogens with one attached hydrogen (secondary N) is 1. The number of pyridine rings is 1. The Morgan fingerprint density at radius 3 is 2.22 bits per heavy atom. The van der Waals surface area contributed by atoms with Crippen molar-refractivity contribution in [3.63, 3.8) is 0 Å². The maximum Gasteiger partial charge on any atom is 0.229 e. The lowest BCUT2D eigenvalue weighted by molar-refractivity contribution is 0.304. The van der Waals surface area contributed by atoms with Crippen molar-refractivity contribution >= 4 is 27.1 Å². The summed E-state index contributed by atoms with van der Waals surface area (Å²) < 4.78 is 38.6. The average molecular weight is 630 g/mol. The Balaban J connectivity index is 1.36. The van der Waals surface area contributed by atoms with Crippen LogP contribution in [0.5, 0.6) is 17.2 Å². The number of hydrogen-bond acceptors (Lipinski definition) is 7. The second kappa shape index (κ2) is 14.3. The molecule has 4 aromatic carbocycles. The summed E-state index contributed by atoms with van der Waals surface area (Å²) in [7, 11) is -3.46. The lowest BCUT2D eigenvalue weighted by atomic mass is 10.1. The van der Waals surface area contributed by atoms with Crippen molar-refractivity contribution in [2.24, 2.45) is 0 Å². The van der Waals surface area contributed by atoms with Crippen molar-refractivity contribution in [2.75, 3.05) is 15.9 Å². The SMILES string of the molecule is [C-]#[N+]c1ccc(CN(Cc2ccc(Oc3cc(C#N)cc(OCc4cccnc4)c3)cc2)c2cccc(NS(C)(=O)=O)c2C)cc1. The molecule has 0 amide bonds. The van der Waals surface area contributed by atoms with E-state index in [0.29, 0.717) is 53.9 Å². The third kappa shape index (κ3) is 8.63. The molecule has 0 atom stereocenters. The second-order valence-corrected chi connectivity index (χ2v) is 12.4. The number of hydrogen-bond donors (Lipinski definition) is 1. The molecule has 0 bridgehead atoms. The first-order valence-electron chi connectivity index (χ1n) is 14.3. The number of aromatic nitrogens is 1. The minimum absolute atomic E-state index is 0.309. The van der Waals surface area contributed by atoms with Gasteiger partial charge in [-0.2, -0.15) is 5.26 Å². The minimum Gasteiger partial charge on any atom is -0.489 e. The van der Waals surface area contributed by atoms with E-state index >= 15 is 0 Å². The van der Waals surface area contributed by atoms with Gasteiger partial charge in [0.25, 0.3) is 0 Å². The van der Waals surface area contributed by atoms with Gasteiger partial charge in [0.1, 0.15) is 23.9 Å².